The summed E-state index contributed by atoms with van der Waals surface area (Å²) in [4.78, 5) is 83.8. The van der Waals surface area contributed by atoms with Crippen LogP contribution in [0.15, 0.2) is 54.1 Å². The van der Waals surface area contributed by atoms with Gasteiger partial charge >= 0.3 is 0 Å². The topological polar surface area (TPSA) is 182 Å². The van der Waals surface area contributed by atoms with Gasteiger partial charge in [0.1, 0.15) is 6.29 Å². The van der Waals surface area contributed by atoms with Gasteiger partial charge in [-0.1, -0.05) is 36.4 Å². The first-order valence-corrected chi connectivity index (χ1v) is 15.9. The summed E-state index contributed by atoms with van der Waals surface area (Å²) < 4.78 is 0. The van der Waals surface area contributed by atoms with Crippen LogP contribution < -0.4 is 21.7 Å². The van der Waals surface area contributed by atoms with Crippen molar-refractivity contribution in [3.8, 4) is 0 Å². The number of Topliss-reactive ketones (excluding diaryl/α,β-unsaturated/α-hetero) is 2. The number of carbonyl (C=O) groups is 7. The molecular weight excluding hydrogens is 608 g/mol. The van der Waals surface area contributed by atoms with Gasteiger partial charge < -0.3 is 26.5 Å². The van der Waals surface area contributed by atoms with Crippen molar-refractivity contribution < 1.29 is 33.6 Å². The molecule has 1 unspecified atom stereocenters. The lowest BCUT2D eigenvalue weighted by molar-refractivity contribution is -0.133. The molecule has 238 valence electrons. The number of rotatable bonds is 21. The Morgan fingerprint density at radius 3 is 2.50 bits per heavy atom. The van der Waals surface area contributed by atoms with Crippen molar-refractivity contribution in [2.75, 3.05) is 24.6 Å². The predicted octanol–water partition coefficient (Wildman–Crippen LogP) is 1.67. The summed E-state index contributed by atoms with van der Waals surface area (Å²) in [7, 11) is 0. The van der Waals surface area contributed by atoms with Gasteiger partial charge in [-0.3, -0.25) is 28.8 Å². The van der Waals surface area contributed by atoms with Gasteiger partial charge in [-0.15, -0.1) is 23.4 Å². The summed E-state index contributed by atoms with van der Waals surface area (Å²) in [5.74, 6) is -2.48. The number of nitrogens with two attached hydrogens (primary N) is 1. The van der Waals surface area contributed by atoms with Crippen molar-refractivity contribution in [2.45, 2.75) is 56.0 Å². The van der Waals surface area contributed by atoms with Crippen LogP contribution in [0.25, 0.3) is 0 Å². The van der Waals surface area contributed by atoms with Crippen molar-refractivity contribution in [3.63, 3.8) is 0 Å². The zero-order valence-corrected chi connectivity index (χ0v) is 25.9. The lowest BCUT2D eigenvalue weighted by atomic mass is 10.0. The SMILES string of the molecule is N[C@@H](CCCNC(=O)CC[C@@H](C=O)CNC(=O)c1ccccc1)C(=O)N[C@@H](CC(=O)C=O)C(=O)CSCC1=CC=CCC1Cl. The van der Waals surface area contributed by atoms with Crippen LogP contribution in [0.4, 0.5) is 0 Å². The standard InChI is InChI=1S/C31H39ClN4O7S/c32-25-10-5-4-9-23(25)19-44-20-28(40)27(15-24(39)18-38)36-31(43)26(33)11-6-14-34-29(41)13-12-21(17-37)16-35-30(42)22-7-2-1-3-8-22/h1-5,7-9,17-18,21,25-27H,6,10-16,19-20,33H2,(H,34,41)(H,35,42)(H,36,43)/t21-,25?,26+,27+/m1/s1. The Balaban J connectivity index is 1.70. The molecule has 0 radical (unpaired) electrons. The highest BCUT2D eigenvalue weighted by Gasteiger charge is 2.26. The maximum absolute atomic E-state index is 12.8. The number of thioether (sulfide) groups is 1. The maximum atomic E-state index is 12.8. The fourth-order valence-corrected chi connectivity index (χ4v) is 5.53. The molecule has 3 amide bonds. The molecule has 13 heteroatoms. The Hall–Kier alpha value is -3.61. The second kappa shape index (κ2) is 20.4. The minimum Gasteiger partial charge on any atom is -0.356 e. The van der Waals surface area contributed by atoms with E-state index in [0.29, 0.717) is 30.4 Å². The summed E-state index contributed by atoms with van der Waals surface area (Å²) in [5, 5.41) is 7.73. The van der Waals surface area contributed by atoms with Gasteiger partial charge in [-0.25, -0.2) is 0 Å². The van der Waals surface area contributed by atoms with Crippen LogP contribution in [0.3, 0.4) is 0 Å². The number of alkyl halides is 1. The molecule has 1 aliphatic rings. The fourth-order valence-electron chi connectivity index (χ4n) is 4.15. The van der Waals surface area contributed by atoms with Crippen LogP contribution in [0.5, 0.6) is 0 Å². The number of allylic oxidation sites excluding steroid dienone is 3. The molecule has 44 heavy (non-hydrogen) atoms. The first-order valence-electron chi connectivity index (χ1n) is 14.3. The molecule has 0 saturated carbocycles. The van der Waals surface area contributed by atoms with Crippen molar-refractivity contribution >= 4 is 65.2 Å². The van der Waals surface area contributed by atoms with E-state index in [1.54, 1.807) is 30.3 Å². The van der Waals surface area contributed by atoms with E-state index >= 15 is 0 Å². The molecule has 0 aromatic heterocycles. The van der Waals surface area contributed by atoms with Gasteiger partial charge in [0, 0.05) is 43.2 Å². The molecule has 0 aliphatic heterocycles. The third kappa shape index (κ3) is 13.8. The molecule has 1 aromatic carbocycles. The van der Waals surface area contributed by atoms with Gasteiger partial charge in [-0.05, 0) is 43.4 Å². The van der Waals surface area contributed by atoms with Crippen LogP contribution in [-0.4, -0.2) is 83.9 Å². The van der Waals surface area contributed by atoms with Gasteiger partial charge in [0.15, 0.2) is 17.9 Å². The van der Waals surface area contributed by atoms with E-state index in [4.69, 9.17) is 17.3 Å². The molecule has 2 rings (SSSR count). The number of nitrogens with one attached hydrogen (secondary N) is 3. The summed E-state index contributed by atoms with van der Waals surface area (Å²) >= 11 is 7.58. The zero-order chi connectivity index (χ0) is 32.3. The van der Waals surface area contributed by atoms with Crippen LogP contribution in [-0.2, 0) is 28.8 Å². The third-order valence-electron chi connectivity index (χ3n) is 6.79. The molecule has 0 fully saturated rings. The molecule has 5 N–H and O–H groups in total. The first kappa shape index (κ1) is 36.6. The molecule has 1 aromatic rings. The summed E-state index contributed by atoms with van der Waals surface area (Å²) in [6.07, 6.45) is 7.67. The minimum absolute atomic E-state index is 0.00732. The van der Waals surface area contributed by atoms with E-state index in [1.165, 1.54) is 11.8 Å². The Morgan fingerprint density at radius 1 is 1.07 bits per heavy atom. The van der Waals surface area contributed by atoms with Gasteiger partial charge in [0.2, 0.25) is 11.8 Å². The highest BCUT2D eigenvalue weighted by molar-refractivity contribution is 8.00. The minimum atomic E-state index is -1.19. The molecule has 11 nitrogen and oxygen atoms in total. The van der Waals surface area contributed by atoms with E-state index in [2.05, 4.69) is 16.0 Å². The van der Waals surface area contributed by atoms with Crippen molar-refractivity contribution in [1.82, 2.24) is 16.0 Å². The van der Waals surface area contributed by atoms with Crippen molar-refractivity contribution in [3.05, 3.63) is 59.7 Å². The van der Waals surface area contributed by atoms with Crippen LogP contribution in [0.1, 0.15) is 48.9 Å². The number of amides is 3. The quantitative estimate of drug-likeness (QED) is 0.0668. The largest absolute Gasteiger partial charge is 0.356 e. The fraction of sp³-hybridized carbons (Fsp3) is 0.452. The molecule has 1 aliphatic carbocycles. The van der Waals surface area contributed by atoms with Crippen LogP contribution in [0.2, 0.25) is 0 Å². The Morgan fingerprint density at radius 2 is 1.82 bits per heavy atom. The van der Waals surface area contributed by atoms with Gasteiger partial charge in [0.05, 0.1) is 23.2 Å². The summed E-state index contributed by atoms with van der Waals surface area (Å²) in [6, 6.07) is 6.38. The summed E-state index contributed by atoms with van der Waals surface area (Å²) in [6.45, 7) is 0.338. The Labute approximate surface area is 266 Å². The van der Waals surface area contributed by atoms with E-state index in [1.807, 2.05) is 18.2 Å². The second-order valence-corrected chi connectivity index (χ2v) is 11.8. The van der Waals surface area contributed by atoms with Crippen LogP contribution >= 0.6 is 23.4 Å². The third-order valence-corrected chi connectivity index (χ3v) is 8.28. The number of ketones is 2. The molecular formula is C31H39ClN4O7S. The second-order valence-electron chi connectivity index (χ2n) is 10.3. The van der Waals surface area contributed by atoms with Crippen molar-refractivity contribution in [1.29, 1.82) is 0 Å². The van der Waals surface area contributed by atoms with E-state index < -0.39 is 41.9 Å². The number of hydrogen-bond acceptors (Lipinski definition) is 9. The van der Waals surface area contributed by atoms with Gasteiger partial charge in [0.25, 0.3) is 5.91 Å². The maximum Gasteiger partial charge on any atom is 0.251 e. The summed E-state index contributed by atoms with van der Waals surface area (Å²) in [5.41, 5.74) is 7.43. The molecule has 0 spiro atoms. The number of benzene rings is 1. The molecule has 0 bridgehead atoms. The predicted molar refractivity (Wildman–Crippen MR) is 169 cm³/mol. The Bertz CT molecular complexity index is 1220. The average Bonchev–Trinajstić information content (AvgIpc) is 3.03. The van der Waals surface area contributed by atoms with E-state index in [9.17, 15) is 33.6 Å². The lowest BCUT2D eigenvalue weighted by Gasteiger charge is -2.20. The number of aldehydes is 2. The molecule has 4 atom stereocenters. The number of hydrogen-bond donors (Lipinski definition) is 4. The zero-order valence-electron chi connectivity index (χ0n) is 24.4. The highest BCUT2D eigenvalue weighted by atomic mass is 35.5. The average molecular weight is 647 g/mol. The smallest absolute Gasteiger partial charge is 0.251 e. The van der Waals surface area contributed by atoms with Crippen molar-refractivity contribution in [2.24, 2.45) is 11.7 Å². The Kier molecular flexibility index (Phi) is 16.9. The normalized spacial score (nSPS) is 16.0. The van der Waals surface area contributed by atoms with E-state index in [0.717, 1.165) is 5.57 Å². The lowest BCUT2D eigenvalue weighted by Crippen LogP contribution is -2.50. The monoisotopic (exact) mass is 646 g/mol. The van der Waals surface area contributed by atoms with Gasteiger partial charge in [-0.2, -0.15) is 0 Å². The molecule has 0 saturated heterocycles. The number of halogens is 1. The van der Waals surface area contributed by atoms with Crippen LogP contribution in [0, 0.1) is 5.92 Å². The first-order chi connectivity index (χ1) is 21.1. The van der Waals surface area contributed by atoms with E-state index in [-0.39, 0.29) is 61.6 Å². The highest BCUT2D eigenvalue weighted by Crippen LogP contribution is 2.23. The molecule has 0 heterocycles. The number of carbonyl (C=O) groups excluding carboxylic acids is 7.